The van der Waals surface area contributed by atoms with Gasteiger partial charge >= 0.3 is 17.9 Å². The molecule has 0 radical (unpaired) electrons. The summed E-state index contributed by atoms with van der Waals surface area (Å²) in [4.78, 5) is 40.7. The standard InChI is InChI=1S/C50H89IO9Si3/c1-30(2)62(31(3)4,32(5)6)58-43-28-44(59-63(33(7)8,34(9)10)35(11)12)47-40(36(43)13)27-41(57-48(47)54)37(14)42(55-38(15)52)29-46(56-39(16)53)50(20,21)45(25-24-26-51)60-61(22,23)49(17,18)19/h24,26,28,30-35,37,41-42,45-46H,25,27,29H2,1-23H3/b26-24+/t37-,41-,42+,45-,46?/m1/s1. The van der Waals surface area contributed by atoms with Gasteiger partial charge in [0.05, 0.1) is 6.10 Å². The highest BCUT2D eigenvalue weighted by Crippen LogP contribution is 2.50. The van der Waals surface area contributed by atoms with Gasteiger partial charge in [-0.3, -0.25) is 9.59 Å². The second-order valence-electron chi connectivity index (χ2n) is 22.5. The van der Waals surface area contributed by atoms with Crippen molar-refractivity contribution in [1.29, 1.82) is 0 Å². The number of ether oxygens (including phenoxy) is 3. The van der Waals surface area contributed by atoms with Crippen molar-refractivity contribution in [2.45, 2.75) is 240 Å². The fraction of sp³-hybridized carbons (Fsp3) is 0.780. The molecule has 0 aromatic heterocycles. The molecular formula is C50H89IO9Si3. The van der Waals surface area contributed by atoms with Gasteiger partial charge in [-0.1, -0.05) is 153 Å². The van der Waals surface area contributed by atoms with Gasteiger partial charge in [0.25, 0.3) is 16.6 Å². The number of carbonyl (C=O) groups excluding carboxylic acids is 3. The summed E-state index contributed by atoms with van der Waals surface area (Å²) in [5, 5.41) is -0.0553. The Bertz CT molecular complexity index is 1700. The highest BCUT2D eigenvalue weighted by atomic mass is 127. The molecule has 0 amide bonds. The number of rotatable bonds is 22. The van der Waals surface area contributed by atoms with Crippen LogP contribution in [0.25, 0.3) is 0 Å². The highest BCUT2D eigenvalue weighted by Gasteiger charge is 2.52. The molecule has 0 spiro atoms. The Labute approximate surface area is 401 Å². The maximum atomic E-state index is 14.7. The van der Waals surface area contributed by atoms with Crippen LogP contribution in [0.4, 0.5) is 0 Å². The van der Waals surface area contributed by atoms with Gasteiger partial charge in [0.2, 0.25) is 0 Å². The molecule has 1 unspecified atom stereocenters. The van der Waals surface area contributed by atoms with E-state index in [1.165, 1.54) is 13.8 Å². The van der Waals surface area contributed by atoms with Crippen LogP contribution < -0.4 is 8.85 Å². The molecule has 63 heavy (non-hydrogen) atoms. The van der Waals surface area contributed by atoms with E-state index < -0.39 is 72.5 Å². The molecule has 0 bridgehead atoms. The van der Waals surface area contributed by atoms with Crippen molar-refractivity contribution in [2.24, 2.45) is 11.3 Å². The van der Waals surface area contributed by atoms with Gasteiger partial charge in [-0.25, -0.2) is 4.79 Å². The average molecular weight is 1050 g/mol. The monoisotopic (exact) mass is 1040 g/mol. The number of hydrogen-bond donors (Lipinski definition) is 0. The molecule has 0 saturated heterocycles. The lowest BCUT2D eigenvalue weighted by atomic mass is 9.75. The van der Waals surface area contributed by atoms with Crippen LogP contribution in [0, 0.1) is 18.3 Å². The number of fused-ring (bicyclic) bond motifs is 1. The van der Waals surface area contributed by atoms with E-state index in [0.29, 0.717) is 40.8 Å². The second kappa shape index (κ2) is 22.4. The van der Waals surface area contributed by atoms with E-state index in [-0.39, 0.29) is 34.2 Å². The first-order chi connectivity index (χ1) is 28.7. The van der Waals surface area contributed by atoms with Crippen LogP contribution in [-0.2, 0) is 34.6 Å². The molecule has 13 heteroatoms. The largest absolute Gasteiger partial charge is 0.542 e. The van der Waals surface area contributed by atoms with E-state index in [9.17, 15) is 14.4 Å². The van der Waals surface area contributed by atoms with Gasteiger partial charge in [-0.15, -0.1) is 0 Å². The van der Waals surface area contributed by atoms with Crippen LogP contribution in [0.1, 0.15) is 173 Å². The van der Waals surface area contributed by atoms with Crippen LogP contribution in [-0.4, -0.2) is 67.3 Å². The Morgan fingerprint density at radius 3 is 1.60 bits per heavy atom. The molecule has 1 aromatic rings. The molecule has 0 fully saturated rings. The predicted octanol–water partition coefficient (Wildman–Crippen LogP) is 14.8. The SMILES string of the molecule is CC(=O)OC(C[C@H](OC(C)=O)[C@H](C)[C@H]1Cc2c(C)c(O[Si](C(C)C)(C(C)C)C(C)C)cc(O[Si](C(C)C)(C(C)C)C(C)C)c2C(=O)O1)C(C)(C)[C@@H](C/C=C/I)O[Si](C)(C)C(C)(C)C. The Morgan fingerprint density at radius 1 is 0.762 bits per heavy atom. The fourth-order valence-electron chi connectivity index (χ4n) is 10.4. The average Bonchev–Trinajstić information content (AvgIpc) is 3.12. The third-order valence-corrected chi connectivity index (χ3v) is 32.0. The minimum atomic E-state index is -2.55. The molecule has 1 aliphatic heterocycles. The minimum Gasteiger partial charge on any atom is -0.542 e. The summed E-state index contributed by atoms with van der Waals surface area (Å²) in [7, 11) is -7.29. The quantitative estimate of drug-likeness (QED) is 0.0486. The zero-order valence-electron chi connectivity index (χ0n) is 43.8. The summed E-state index contributed by atoms with van der Waals surface area (Å²) in [6.07, 6.45) is 0.822. The van der Waals surface area contributed by atoms with Crippen molar-refractivity contribution in [3.8, 4) is 11.5 Å². The van der Waals surface area contributed by atoms with Crippen molar-refractivity contribution in [3.05, 3.63) is 32.9 Å². The summed E-state index contributed by atoms with van der Waals surface area (Å²) in [5.41, 5.74) is 3.30. The van der Waals surface area contributed by atoms with E-state index in [0.717, 1.165) is 16.9 Å². The number of halogens is 1. The van der Waals surface area contributed by atoms with Gasteiger partial charge in [-0.05, 0) is 79.9 Å². The Morgan fingerprint density at radius 2 is 1.21 bits per heavy atom. The van der Waals surface area contributed by atoms with E-state index in [4.69, 9.17) is 27.5 Å². The maximum absolute atomic E-state index is 14.7. The van der Waals surface area contributed by atoms with Crippen LogP contribution in [0.2, 0.25) is 51.4 Å². The molecule has 9 nitrogen and oxygen atoms in total. The minimum absolute atomic E-state index is 0.0553. The molecule has 1 heterocycles. The van der Waals surface area contributed by atoms with Gasteiger partial charge in [0, 0.05) is 44.1 Å². The van der Waals surface area contributed by atoms with Gasteiger partial charge < -0.3 is 27.5 Å². The molecule has 1 aliphatic rings. The van der Waals surface area contributed by atoms with Crippen molar-refractivity contribution >= 4 is 65.5 Å². The van der Waals surface area contributed by atoms with Crippen molar-refractivity contribution < 1.29 is 41.9 Å². The van der Waals surface area contributed by atoms with Crippen LogP contribution in [0.3, 0.4) is 0 Å². The zero-order chi connectivity index (χ0) is 49.0. The van der Waals surface area contributed by atoms with E-state index in [2.05, 4.69) is 166 Å². The van der Waals surface area contributed by atoms with Crippen molar-refractivity contribution in [1.82, 2.24) is 0 Å². The smallest absolute Gasteiger partial charge is 0.342 e. The maximum Gasteiger partial charge on any atom is 0.342 e. The topological polar surface area (TPSA) is 107 Å². The van der Waals surface area contributed by atoms with Crippen LogP contribution >= 0.6 is 22.6 Å². The number of cyclic esters (lactones) is 1. The first kappa shape index (κ1) is 57.4. The molecular weight excluding hydrogens is 956 g/mol. The Hall–Kier alpha value is -1.69. The fourth-order valence-corrected chi connectivity index (χ4v) is 22.7. The van der Waals surface area contributed by atoms with Crippen LogP contribution in [0.5, 0.6) is 11.5 Å². The van der Waals surface area contributed by atoms with E-state index in [1.807, 2.05) is 17.1 Å². The Balaban J connectivity index is 2.91. The molecule has 0 saturated carbocycles. The molecule has 0 N–H and O–H groups in total. The van der Waals surface area contributed by atoms with Crippen molar-refractivity contribution in [3.63, 3.8) is 0 Å². The van der Waals surface area contributed by atoms with Gasteiger partial charge in [0.1, 0.15) is 35.4 Å². The summed E-state index contributed by atoms with van der Waals surface area (Å²) < 4.78 is 42.8. The van der Waals surface area contributed by atoms with Crippen LogP contribution in [0.15, 0.2) is 16.2 Å². The first-order valence-corrected chi connectivity index (χ1v) is 32.1. The lowest BCUT2D eigenvalue weighted by Gasteiger charge is -2.47. The summed E-state index contributed by atoms with van der Waals surface area (Å²) >= 11 is 2.22. The summed E-state index contributed by atoms with van der Waals surface area (Å²) in [6.45, 7) is 49.2. The Kier molecular flexibility index (Phi) is 20.4. The number of esters is 3. The number of carbonyl (C=O) groups is 3. The lowest BCUT2D eigenvalue weighted by molar-refractivity contribution is -0.168. The number of hydrogen-bond acceptors (Lipinski definition) is 9. The third kappa shape index (κ3) is 12.9. The van der Waals surface area contributed by atoms with E-state index in [1.54, 1.807) is 0 Å². The molecule has 1 aromatic carbocycles. The molecule has 2 rings (SSSR count). The molecule has 5 atom stereocenters. The third-order valence-electron chi connectivity index (χ3n) is 15.1. The summed E-state index contributed by atoms with van der Waals surface area (Å²) in [6, 6.07) is 2.01. The van der Waals surface area contributed by atoms with Gasteiger partial charge in [0.15, 0.2) is 8.32 Å². The second-order valence-corrected chi connectivity index (χ2v) is 38.7. The predicted molar refractivity (Wildman–Crippen MR) is 276 cm³/mol. The number of benzene rings is 1. The highest BCUT2D eigenvalue weighted by molar-refractivity contribution is 14.1. The normalized spacial score (nSPS) is 17.7. The molecule has 0 aliphatic carbocycles. The lowest BCUT2D eigenvalue weighted by Crippen LogP contribution is -2.53. The molecule has 362 valence electrons. The first-order valence-electron chi connectivity index (χ1n) is 23.7. The summed E-state index contributed by atoms with van der Waals surface area (Å²) in [5.74, 6) is -0.511. The van der Waals surface area contributed by atoms with Gasteiger partial charge in [-0.2, -0.15) is 0 Å². The zero-order valence-corrected chi connectivity index (χ0v) is 48.9. The van der Waals surface area contributed by atoms with Crippen molar-refractivity contribution in [2.75, 3.05) is 0 Å². The van der Waals surface area contributed by atoms with E-state index >= 15 is 0 Å².